The monoisotopic (exact) mass is 422 g/mol. The minimum atomic E-state index is -0.282. The molecule has 0 fully saturated rings. The number of nitrogens with one attached hydrogen (secondary N) is 1. The van der Waals surface area contributed by atoms with E-state index in [0.717, 1.165) is 0 Å². The van der Waals surface area contributed by atoms with Crippen molar-refractivity contribution in [3.05, 3.63) is 63.1 Å². The molecule has 0 atom stereocenters. The Bertz CT molecular complexity index is 1010. The Kier molecular flexibility index (Phi) is 5.07. The van der Waals surface area contributed by atoms with E-state index in [1.165, 1.54) is 11.3 Å². The number of nitrogens with zero attached hydrogens (tertiary/aromatic N) is 1. The maximum atomic E-state index is 12.4. The first-order chi connectivity index (χ1) is 13.1. The number of ether oxygens (including phenoxy) is 3. The molecule has 9 heteroatoms. The van der Waals surface area contributed by atoms with E-state index in [4.69, 9.17) is 37.4 Å². The van der Waals surface area contributed by atoms with Gasteiger partial charge in [0.05, 0.1) is 10.7 Å². The van der Waals surface area contributed by atoms with Crippen molar-refractivity contribution >= 4 is 45.6 Å². The maximum Gasteiger partial charge on any atom is 0.257 e. The van der Waals surface area contributed by atoms with Crippen LogP contribution < -0.4 is 19.5 Å². The van der Waals surface area contributed by atoms with Crippen molar-refractivity contribution in [1.82, 2.24) is 4.98 Å². The molecule has 0 saturated heterocycles. The van der Waals surface area contributed by atoms with Gasteiger partial charge in [-0.2, -0.15) is 0 Å². The summed E-state index contributed by atoms with van der Waals surface area (Å²) in [5.74, 6) is 1.41. The summed E-state index contributed by atoms with van der Waals surface area (Å²) in [6.07, 6.45) is 0. The molecule has 4 rings (SSSR count). The highest BCUT2D eigenvalue weighted by molar-refractivity contribution is 7.14. The summed E-state index contributed by atoms with van der Waals surface area (Å²) >= 11 is 13.2. The van der Waals surface area contributed by atoms with Crippen molar-refractivity contribution in [2.75, 3.05) is 12.1 Å². The molecule has 0 spiro atoms. The number of hydrogen-bond acceptors (Lipinski definition) is 6. The summed E-state index contributed by atoms with van der Waals surface area (Å²) in [5, 5.41) is 6.00. The molecule has 27 heavy (non-hydrogen) atoms. The van der Waals surface area contributed by atoms with Crippen LogP contribution in [0.15, 0.2) is 41.8 Å². The summed E-state index contributed by atoms with van der Waals surface area (Å²) in [7, 11) is 0. The van der Waals surface area contributed by atoms with Crippen molar-refractivity contribution in [3.8, 4) is 17.2 Å². The van der Waals surface area contributed by atoms with Gasteiger partial charge in [0, 0.05) is 16.0 Å². The van der Waals surface area contributed by atoms with Gasteiger partial charge < -0.3 is 14.2 Å². The molecule has 0 saturated carbocycles. The molecular weight excluding hydrogens is 411 g/mol. The van der Waals surface area contributed by atoms with E-state index in [0.29, 0.717) is 43.7 Å². The second-order valence-corrected chi connectivity index (χ2v) is 7.23. The Balaban J connectivity index is 1.38. The number of rotatable bonds is 5. The lowest BCUT2D eigenvalue weighted by Crippen LogP contribution is -2.11. The fourth-order valence-electron chi connectivity index (χ4n) is 2.38. The molecule has 0 aliphatic carbocycles. The number of fused-ring (bicyclic) bond motifs is 1. The van der Waals surface area contributed by atoms with Crippen LogP contribution in [-0.2, 0) is 6.61 Å². The summed E-state index contributed by atoms with van der Waals surface area (Å²) in [6.45, 7) is 0.381. The molecule has 1 amide bonds. The van der Waals surface area contributed by atoms with Gasteiger partial charge in [-0.25, -0.2) is 4.98 Å². The second-order valence-electron chi connectivity index (χ2n) is 5.53. The van der Waals surface area contributed by atoms with Crippen LogP contribution in [0, 0.1) is 0 Å². The highest BCUT2D eigenvalue weighted by atomic mass is 35.5. The highest BCUT2D eigenvalue weighted by Gasteiger charge is 2.17. The van der Waals surface area contributed by atoms with Gasteiger partial charge >= 0.3 is 0 Å². The van der Waals surface area contributed by atoms with E-state index in [1.807, 2.05) is 0 Å². The normalized spacial score (nSPS) is 12.1. The standard InChI is InChI=1S/C18H12Cl2N2O4S/c19-11-2-4-14(13(20)6-11)24-7-12-8-27-18(21-12)22-17(23)10-1-3-15-16(5-10)26-9-25-15/h1-6,8H,7,9H2,(H,21,22,23). The van der Waals surface area contributed by atoms with Gasteiger partial charge in [0.15, 0.2) is 16.6 Å². The number of aromatic nitrogens is 1. The van der Waals surface area contributed by atoms with E-state index < -0.39 is 0 Å². The first-order valence-corrected chi connectivity index (χ1v) is 9.45. The molecule has 6 nitrogen and oxygen atoms in total. The number of hydrogen-bond donors (Lipinski definition) is 1. The third-order valence-corrected chi connectivity index (χ3v) is 5.01. The Morgan fingerprint density at radius 3 is 2.89 bits per heavy atom. The Morgan fingerprint density at radius 1 is 1.19 bits per heavy atom. The average Bonchev–Trinajstić information content (AvgIpc) is 3.29. The van der Waals surface area contributed by atoms with Gasteiger partial charge in [0.1, 0.15) is 12.4 Å². The summed E-state index contributed by atoms with van der Waals surface area (Å²) in [6, 6.07) is 10.0. The molecule has 3 aromatic rings. The van der Waals surface area contributed by atoms with Crippen molar-refractivity contribution in [2.45, 2.75) is 6.61 Å². The number of halogens is 2. The summed E-state index contributed by atoms with van der Waals surface area (Å²) in [4.78, 5) is 16.7. The minimum Gasteiger partial charge on any atom is -0.486 e. The van der Waals surface area contributed by atoms with Gasteiger partial charge in [-0.05, 0) is 36.4 Å². The molecule has 1 aliphatic rings. The van der Waals surface area contributed by atoms with Crippen LogP contribution in [0.1, 0.15) is 16.1 Å². The van der Waals surface area contributed by atoms with Crippen LogP contribution >= 0.6 is 34.5 Å². The molecule has 138 valence electrons. The first-order valence-electron chi connectivity index (χ1n) is 7.82. The van der Waals surface area contributed by atoms with Crippen LogP contribution in [0.5, 0.6) is 17.2 Å². The fraction of sp³-hybridized carbons (Fsp3) is 0.111. The van der Waals surface area contributed by atoms with E-state index in [1.54, 1.807) is 41.8 Å². The number of amides is 1. The molecule has 1 N–H and O–H groups in total. The maximum absolute atomic E-state index is 12.4. The zero-order valence-electron chi connectivity index (χ0n) is 13.7. The molecule has 2 heterocycles. The van der Waals surface area contributed by atoms with Crippen LogP contribution in [-0.4, -0.2) is 17.7 Å². The van der Waals surface area contributed by atoms with E-state index >= 15 is 0 Å². The molecular formula is C18H12Cl2N2O4S. The number of carbonyl (C=O) groups is 1. The van der Waals surface area contributed by atoms with Crippen molar-refractivity contribution in [3.63, 3.8) is 0 Å². The summed E-state index contributed by atoms with van der Waals surface area (Å²) in [5.41, 5.74) is 1.13. The smallest absolute Gasteiger partial charge is 0.257 e. The number of benzene rings is 2. The molecule has 0 bridgehead atoms. The summed E-state index contributed by atoms with van der Waals surface area (Å²) < 4.78 is 16.2. The minimum absolute atomic E-state index is 0.161. The second kappa shape index (κ2) is 7.64. The average molecular weight is 423 g/mol. The molecule has 0 radical (unpaired) electrons. The molecule has 0 unspecified atom stereocenters. The van der Waals surface area contributed by atoms with Crippen molar-refractivity contribution in [1.29, 1.82) is 0 Å². The Hall–Kier alpha value is -2.48. The number of thiazole rings is 1. The zero-order valence-corrected chi connectivity index (χ0v) is 16.0. The van der Waals surface area contributed by atoms with E-state index in [2.05, 4.69) is 10.3 Å². The van der Waals surface area contributed by atoms with Crippen molar-refractivity contribution < 1.29 is 19.0 Å². The quantitative estimate of drug-likeness (QED) is 0.625. The lowest BCUT2D eigenvalue weighted by Gasteiger charge is -2.06. The first kappa shape index (κ1) is 17.9. The number of carbonyl (C=O) groups excluding carboxylic acids is 1. The molecule has 1 aromatic heterocycles. The van der Waals surface area contributed by atoms with Crippen LogP contribution in [0.3, 0.4) is 0 Å². The van der Waals surface area contributed by atoms with E-state index in [-0.39, 0.29) is 19.3 Å². The lowest BCUT2D eigenvalue weighted by atomic mass is 10.2. The van der Waals surface area contributed by atoms with Crippen LogP contribution in [0.4, 0.5) is 5.13 Å². The van der Waals surface area contributed by atoms with Gasteiger partial charge in [-0.3, -0.25) is 10.1 Å². The zero-order chi connectivity index (χ0) is 18.8. The van der Waals surface area contributed by atoms with Gasteiger partial charge in [-0.1, -0.05) is 23.2 Å². The lowest BCUT2D eigenvalue weighted by molar-refractivity contribution is 0.102. The predicted octanol–water partition coefficient (Wildman–Crippen LogP) is 5.01. The van der Waals surface area contributed by atoms with Gasteiger partial charge in [-0.15, -0.1) is 11.3 Å². The third-order valence-electron chi connectivity index (χ3n) is 3.68. The predicted molar refractivity (Wildman–Crippen MR) is 103 cm³/mol. The third kappa shape index (κ3) is 4.10. The Labute approximate surface area is 168 Å². The van der Waals surface area contributed by atoms with E-state index in [9.17, 15) is 4.79 Å². The highest BCUT2D eigenvalue weighted by Crippen LogP contribution is 2.33. The molecule has 2 aromatic carbocycles. The fourth-order valence-corrected chi connectivity index (χ4v) is 3.53. The van der Waals surface area contributed by atoms with Crippen molar-refractivity contribution in [2.24, 2.45) is 0 Å². The van der Waals surface area contributed by atoms with Crippen LogP contribution in [0.25, 0.3) is 0 Å². The van der Waals surface area contributed by atoms with Crippen LogP contribution in [0.2, 0.25) is 10.0 Å². The Morgan fingerprint density at radius 2 is 2.04 bits per heavy atom. The largest absolute Gasteiger partial charge is 0.486 e. The molecule has 1 aliphatic heterocycles. The topological polar surface area (TPSA) is 69.7 Å². The number of anilines is 1. The SMILES string of the molecule is O=C(Nc1nc(COc2ccc(Cl)cc2Cl)cs1)c1ccc2c(c1)OCO2. The van der Waals surface area contributed by atoms with Gasteiger partial charge in [0.25, 0.3) is 5.91 Å². The van der Waals surface area contributed by atoms with Gasteiger partial charge in [0.2, 0.25) is 6.79 Å².